The Hall–Kier alpha value is -0.177. The van der Waals surface area contributed by atoms with E-state index in [1.807, 2.05) is 6.92 Å². The maximum Gasteiger partial charge on any atom is 0.345 e. The van der Waals surface area contributed by atoms with Gasteiger partial charge in [0.15, 0.2) is 6.10 Å². The molecule has 0 saturated carbocycles. The minimum atomic E-state index is -1.08. The van der Waals surface area contributed by atoms with Gasteiger partial charge in [0.2, 0.25) is 0 Å². The van der Waals surface area contributed by atoms with E-state index in [0.717, 1.165) is 0 Å². The van der Waals surface area contributed by atoms with E-state index in [9.17, 15) is 9.59 Å². The molecule has 0 aliphatic heterocycles. The minimum Gasteiger partial charge on any atom is -0.479 e. The van der Waals surface area contributed by atoms with Gasteiger partial charge in [-0.05, 0) is 12.8 Å². The van der Waals surface area contributed by atoms with E-state index in [1.54, 1.807) is 6.92 Å². The summed E-state index contributed by atoms with van der Waals surface area (Å²) in [6.07, 6.45) is 0.285. The van der Waals surface area contributed by atoms with Crippen LogP contribution >= 0.6 is 0 Å². The molecule has 4 nitrogen and oxygen atoms in total. The molecule has 0 amide bonds. The van der Waals surface area contributed by atoms with Crippen LogP contribution in [0.15, 0.2) is 0 Å². The number of esters is 1. The van der Waals surface area contributed by atoms with E-state index in [-0.39, 0.29) is 32.6 Å². The molecule has 0 aliphatic rings. The molecule has 0 aliphatic carbocycles. The van der Waals surface area contributed by atoms with Gasteiger partial charge in [-0.3, -0.25) is 4.79 Å². The van der Waals surface area contributed by atoms with E-state index in [4.69, 9.17) is 5.11 Å². The molecular weight excluding hydrogens is 251 g/mol. The number of hydrogen-bond donors (Lipinski definition) is 1. The van der Waals surface area contributed by atoms with Crippen LogP contribution in [0.25, 0.3) is 0 Å². The molecule has 0 aromatic carbocycles. The first-order valence-electron chi connectivity index (χ1n) is 4.04. The van der Waals surface area contributed by atoms with E-state index < -0.39 is 18.0 Å². The van der Waals surface area contributed by atoms with Crippen molar-refractivity contribution in [2.45, 2.75) is 39.2 Å². The van der Waals surface area contributed by atoms with Gasteiger partial charge in [-0.15, -0.1) is 0 Å². The summed E-state index contributed by atoms with van der Waals surface area (Å²) < 4.78 is 4.66. The van der Waals surface area contributed by atoms with Crippen LogP contribution in [-0.2, 0) is 40.5 Å². The van der Waals surface area contributed by atoms with Crippen LogP contribution in [-0.4, -0.2) is 23.1 Å². The Labute approximate surface area is 96.8 Å². The van der Waals surface area contributed by atoms with E-state index in [0.29, 0.717) is 12.8 Å². The first-order chi connectivity index (χ1) is 5.61. The van der Waals surface area contributed by atoms with Crippen molar-refractivity contribution < 1.29 is 45.6 Å². The Morgan fingerprint density at radius 2 is 1.92 bits per heavy atom. The molecule has 1 unspecified atom stereocenters. The van der Waals surface area contributed by atoms with Crippen LogP contribution in [0.3, 0.4) is 0 Å². The van der Waals surface area contributed by atoms with Crippen LogP contribution in [0.4, 0.5) is 0 Å². The molecule has 0 saturated heterocycles. The molecule has 0 bridgehead atoms. The molecule has 13 heavy (non-hydrogen) atoms. The molecule has 0 aromatic heterocycles. The van der Waals surface area contributed by atoms with Crippen molar-refractivity contribution in [2.24, 2.45) is 0 Å². The van der Waals surface area contributed by atoms with Gasteiger partial charge < -0.3 is 9.84 Å². The van der Waals surface area contributed by atoms with Crippen molar-refractivity contribution in [1.29, 1.82) is 0 Å². The molecule has 0 spiro atoms. The number of hydrogen-bond acceptors (Lipinski definition) is 3. The molecule has 0 radical (unpaired) electrons. The van der Waals surface area contributed by atoms with E-state index >= 15 is 0 Å². The van der Waals surface area contributed by atoms with Gasteiger partial charge in [0.25, 0.3) is 0 Å². The number of carbonyl (C=O) groups is 2. The molecule has 0 heterocycles. The Balaban J connectivity index is 0. The minimum absolute atomic E-state index is 0. The summed E-state index contributed by atoms with van der Waals surface area (Å²) in [6, 6.07) is 0. The summed E-state index contributed by atoms with van der Waals surface area (Å²) >= 11 is 0. The van der Waals surface area contributed by atoms with Gasteiger partial charge in [-0.25, -0.2) is 4.79 Å². The average Bonchev–Trinajstić information content (AvgIpc) is 2.00. The summed E-state index contributed by atoms with van der Waals surface area (Å²) in [7, 11) is 0. The SMILES string of the molecule is CCCC(=O)OC(CC)C(=O)O.[Zr]. The van der Waals surface area contributed by atoms with Gasteiger partial charge in [0.1, 0.15) is 0 Å². The maximum absolute atomic E-state index is 10.8. The third kappa shape index (κ3) is 6.94. The zero-order valence-corrected chi connectivity index (χ0v) is 10.3. The number of carbonyl (C=O) groups excluding carboxylic acids is 1. The average molecular weight is 265 g/mol. The van der Waals surface area contributed by atoms with Gasteiger partial charge in [-0.1, -0.05) is 13.8 Å². The predicted octanol–water partition coefficient (Wildman–Crippen LogP) is 1.19. The summed E-state index contributed by atoms with van der Waals surface area (Å²) in [5.41, 5.74) is 0. The summed E-state index contributed by atoms with van der Waals surface area (Å²) in [5, 5.41) is 8.51. The van der Waals surface area contributed by atoms with Crippen LogP contribution in [0.2, 0.25) is 0 Å². The number of carboxylic acids is 1. The number of aliphatic carboxylic acids is 1. The molecule has 0 rings (SSSR count). The van der Waals surface area contributed by atoms with Crippen molar-refractivity contribution >= 4 is 11.9 Å². The molecule has 5 heteroatoms. The van der Waals surface area contributed by atoms with Crippen LogP contribution in [0.5, 0.6) is 0 Å². The van der Waals surface area contributed by atoms with Gasteiger partial charge in [0, 0.05) is 32.6 Å². The van der Waals surface area contributed by atoms with E-state index in [2.05, 4.69) is 4.74 Å². The van der Waals surface area contributed by atoms with Crippen molar-refractivity contribution in [2.75, 3.05) is 0 Å². The van der Waals surface area contributed by atoms with E-state index in [1.165, 1.54) is 0 Å². The first kappa shape index (κ1) is 15.3. The normalized spacial score (nSPS) is 11.2. The Kier molecular flexibility index (Phi) is 9.91. The molecule has 1 N–H and O–H groups in total. The molecular formula is C8H14O4Zr. The standard InChI is InChI=1S/C8H14O4.Zr/c1-3-5-7(9)12-6(4-2)8(10)11;/h6H,3-5H2,1-2H3,(H,10,11);. The maximum atomic E-state index is 10.8. The fourth-order valence-electron chi connectivity index (χ4n) is 0.730. The Bertz CT molecular complexity index is 170. The molecule has 74 valence electrons. The van der Waals surface area contributed by atoms with Crippen LogP contribution < -0.4 is 0 Å². The zero-order chi connectivity index (χ0) is 9.56. The number of carboxylic acid groups (broad SMARTS) is 1. The molecule has 0 fully saturated rings. The second-order valence-corrected chi connectivity index (χ2v) is 2.47. The summed E-state index contributed by atoms with van der Waals surface area (Å²) in [6.45, 7) is 3.50. The fourth-order valence-corrected chi connectivity index (χ4v) is 0.730. The third-order valence-corrected chi connectivity index (χ3v) is 1.37. The first-order valence-corrected chi connectivity index (χ1v) is 4.04. The van der Waals surface area contributed by atoms with Gasteiger partial charge in [0.05, 0.1) is 0 Å². The smallest absolute Gasteiger partial charge is 0.345 e. The zero-order valence-electron chi connectivity index (χ0n) is 7.87. The van der Waals surface area contributed by atoms with Crippen molar-refractivity contribution in [3.63, 3.8) is 0 Å². The van der Waals surface area contributed by atoms with Crippen molar-refractivity contribution in [3.05, 3.63) is 0 Å². The predicted molar refractivity (Wildman–Crippen MR) is 42.7 cm³/mol. The second-order valence-electron chi connectivity index (χ2n) is 2.47. The number of ether oxygens (including phenoxy) is 1. The quantitative estimate of drug-likeness (QED) is 0.758. The second kappa shape index (κ2) is 8.42. The van der Waals surface area contributed by atoms with Gasteiger partial charge in [-0.2, -0.15) is 0 Å². The summed E-state index contributed by atoms with van der Waals surface area (Å²) in [4.78, 5) is 21.2. The number of rotatable bonds is 5. The molecule has 1 atom stereocenters. The van der Waals surface area contributed by atoms with Crippen molar-refractivity contribution in [3.8, 4) is 0 Å². The Morgan fingerprint density at radius 1 is 1.38 bits per heavy atom. The summed E-state index contributed by atoms with van der Waals surface area (Å²) in [5.74, 6) is -1.52. The topological polar surface area (TPSA) is 63.6 Å². The third-order valence-electron chi connectivity index (χ3n) is 1.37. The fraction of sp³-hybridized carbons (Fsp3) is 0.750. The largest absolute Gasteiger partial charge is 0.479 e. The Morgan fingerprint density at radius 3 is 2.23 bits per heavy atom. The van der Waals surface area contributed by atoms with Crippen molar-refractivity contribution in [1.82, 2.24) is 0 Å². The monoisotopic (exact) mass is 264 g/mol. The molecule has 0 aromatic rings. The van der Waals surface area contributed by atoms with Gasteiger partial charge >= 0.3 is 11.9 Å². The van der Waals surface area contributed by atoms with Crippen LogP contribution in [0, 0.1) is 0 Å². The van der Waals surface area contributed by atoms with Crippen LogP contribution in [0.1, 0.15) is 33.1 Å².